The number of rotatable bonds is 1. The first-order valence-corrected chi connectivity index (χ1v) is 4.40. The minimum Gasteiger partial charge on any atom is -0.454 e. The van der Waals surface area contributed by atoms with E-state index >= 15 is 0 Å². The summed E-state index contributed by atoms with van der Waals surface area (Å²) in [6.07, 6.45) is -5.85. The van der Waals surface area contributed by atoms with Gasteiger partial charge in [-0.2, -0.15) is 0 Å². The van der Waals surface area contributed by atoms with Gasteiger partial charge in [-0.05, 0) is 0 Å². The molecule has 2 saturated heterocycles. The predicted octanol–water partition coefficient (Wildman–Crippen LogP) is -2.08. The van der Waals surface area contributed by atoms with Gasteiger partial charge in [0.05, 0.1) is 0 Å². The number of ether oxygens (including phenoxy) is 3. The summed E-state index contributed by atoms with van der Waals surface area (Å²) in [6.45, 7) is 1.16. The highest BCUT2D eigenvalue weighted by Gasteiger charge is 2.57. The summed E-state index contributed by atoms with van der Waals surface area (Å²) in [5.41, 5.74) is 0. The summed E-state index contributed by atoms with van der Waals surface area (Å²) in [5, 5.41) is 18.8. The van der Waals surface area contributed by atoms with Crippen molar-refractivity contribution in [3.8, 4) is 0 Å². The topological polar surface area (TPSA) is 102 Å². The molecule has 0 radical (unpaired) electrons. The largest absolute Gasteiger partial charge is 0.454 e. The maximum absolute atomic E-state index is 10.9. The molecule has 15 heavy (non-hydrogen) atoms. The number of carbonyl (C=O) groups is 2. The number of hydrogen-bond acceptors (Lipinski definition) is 7. The fourth-order valence-corrected chi connectivity index (χ4v) is 1.65. The van der Waals surface area contributed by atoms with E-state index in [1.54, 1.807) is 0 Å². The van der Waals surface area contributed by atoms with E-state index in [2.05, 4.69) is 9.47 Å². The van der Waals surface area contributed by atoms with E-state index in [4.69, 9.17) is 4.74 Å². The minimum atomic E-state index is -1.44. The van der Waals surface area contributed by atoms with Gasteiger partial charge in [0.2, 0.25) is 6.29 Å². The van der Waals surface area contributed by atoms with Gasteiger partial charge >= 0.3 is 11.9 Å². The van der Waals surface area contributed by atoms with Crippen LogP contribution < -0.4 is 0 Å². The predicted molar refractivity (Wildman–Crippen MR) is 42.3 cm³/mol. The molecule has 7 heteroatoms. The molecule has 2 rings (SSSR count). The van der Waals surface area contributed by atoms with Crippen LogP contribution in [0.3, 0.4) is 0 Å². The van der Waals surface area contributed by atoms with Crippen molar-refractivity contribution in [1.29, 1.82) is 0 Å². The van der Waals surface area contributed by atoms with Crippen LogP contribution in [0.4, 0.5) is 0 Å². The van der Waals surface area contributed by atoms with Gasteiger partial charge < -0.3 is 24.4 Å². The number of aliphatic hydroxyl groups excluding tert-OH is 2. The molecule has 7 nitrogen and oxygen atoms in total. The van der Waals surface area contributed by atoms with Crippen molar-refractivity contribution in [3.05, 3.63) is 0 Å². The van der Waals surface area contributed by atoms with Crippen molar-refractivity contribution in [2.75, 3.05) is 0 Å². The van der Waals surface area contributed by atoms with Crippen molar-refractivity contribution in [2.45, 2.75) is 37.6 Å². The molecule has 2 N–H and O–H groups in total. The van der Waals surface area contributed by atoms with Gasteiger partial charge in [0, 0.05) is 6.92 Å². The molecule has 0 aromatic rings. The Morgan fingerprint density at radius 1 is 1.40 bits per heavy atom. The first-order chi connectivity index (χ1) is 7.00. The summed E-state index contributed by atoms with van der Waals surface area (Å²) in [5.74, 6) is -1.47. The summed E-state index contributed by atoms with van der Waals surface area (Å²) < 4.78 is 14.3. The van der Waals surface area contributed by atoms with Crippen molar-refractivity contribution in [3.63, 3.8) is 0 Å². The molecule has 2 aliphatic heterocycles. The summed E-state index contributed by atoms with van der Waals surface area (Å²) in [4.78, 5) is 21.5. The van der Waals surface area contributed by atoms with Gasteiger partial charge in [0.1, 0.15) is 6.10 Å². The number of esters is 2. The Morgan fingerprint density at radius 2 is 2.07 bits per heavy atom. The Kier molecular flexibility index (Phi) is 2.37. The zero-order valence-electron chi connectivity index (χ0n) is 7.82. The second kappa shape index (κ2) is 3.44. The second-order valence-electron chi connectivity index (χ2n) is 3.42. The average molecular weight is 218 g/mol. The summed E-state index contributed by atoms with van der Waals surface area (Å²) >= 11 is 0. The van der Waals surface area contributed by atoms with E-state index in [-0.39, 0.29) is 0 Å². The van der Waals surface area contributed by atoms with Crippen molar-refractivity contribution in [1.82, 2.24) is 0 Å². The zero-order chi connectivity index (χ0) is 11.2. The molecule has 2 fully saturated rings. The smallest absolute Gasteiger partial charge is 0.338 e. The van der Waals surface area contributed by atoms with E-state index in [9.17, 15) is 19.8 Å². The molecule has 0 saturated carbocycles. The lowest BCUT2D eigenvalue weighted by Gasteiger charge is -2.16. The van der Waals surface area contributed by atoms with E-state index in [1.807, 2.05) is 0 Å². The zero-order valence-corrected chi connectivity index (χ0v) is 7.82. The second-order valence-corrected chi connectivity index (χ2v) is 3.42. The van der Waals surface area contributed by atoms with E-state index in [0.29, 0.717) is 0 Å². The lowest BCUT2D eigenvalue weighted by Crippen LogP contribution is -2.34. The molecule has 0 bridgehead atoms. The monoisotopic (exact) mass is 218 g/mol. The first-order valence-electron chi connectivity index (χ1n) is 4.40. The molecule has 0 aromatic heterocycles. The lowest BCUT2D eigenvalue weighted by molar-refractivity contribution is -0.194. The van der Waals surface area contributed by atoms with Crippen LogP contribution in [0.1, 0.15) is 6.92 Å². The summed E-state index contributed by atoms with van der Waals surface area (Å²) in [7, 11) is 0. The standard InChI is InChI=1S/C8H10O7/c1-2(9)13-8-4(11)6-5(15-8)3(10)7(12)14-6/h3-6,8,10-11H,1H3/t3-,4+,5+,6+,8?/m0/s1. The van der Waals surface area contributed by atoms with Crippen LogP contribution in [0.15, 0.2) is 0 Å². The summed E-state index contributed by atoms with van der Waals surface area (Å²) in [6, 6.07) is 0. The fourth-order valence-electron chi connectivity index (χ4n) is 1.65. The quantitative estimate of drug-likeness (QED) is 0.487. The molecule has 0 amide bonds. The third-order valence-electron chi connectivity index (χ3n) is 2.32. The Labute approximate surface area is 84.5 Å². The number of hydrogen-bond donors (Lipinski definition) is 2. The average Bonchev–Trinajstić information content (AvgIpc) is 2.57. The van der Waals surface area contributed by atoms with Crippen LogP contribution in [0.2, 0.25) is 0 Å². The molecular weight excluding hydrogens is 208 g/mol. The Bertz CT molecular complexity index is 301. The van der Waals surface area contributed by atoms with Crippen LogP contribution in [0.25, 0.3) is 0 Å². The maximum Gasteiger partial charge on any atom is 0.338 e. The molecule has 2 aliphatic rings. The number of fused-ring (bicyclic) bond motifs is 1. The van der Waals surface area contributed by atoms with E-state index in [1.165, 1.54) is 0 Å². The highest BCUT2D eigenvalue weighted by molar-refractivity contribution is 5.78. The number of aliphatic hydroxyl groups is 2. The first kappa shape index (κ1) is 10.3. The van der Waals surface area contributed by atoms with Gasteiger partial charge in [0.15, 0.2) is 18.3 Å². The van der Waals surface area contributed by atoms with E-state index in [0.717, 1.165) is 6.92 Å². The normalized spacial score (nSPS) is 43.7. The number of carbonyl (C=O) groups excluding carboxylic acids is 2. The van der Waals surface area contributed by atoms with Crippen LogP contribution >= 0.6 is 0 Å². The van der Waals surface area contributed by atoms with Crippen LogP contribution in [-0.2, 0) is 23.8 Å². The minimum absolute atomic E-state index is 0.625. The molecular formula is C8H10O7. The van der Waals surface area contributed by atoms with Crippen LogP contribution in [-0.4, -0.2) is 52.9 Å². The van der Waals surface area contributed by atoms with Crippen molar-refractivity contribution < 1.29 is 34.0 Å². The Morgan fingerprint density at radius 3 is 2.60 bits per heavy atom. The highest BCUT2D eigenvalue weighted by Crippen LogP contribution is 2.32. The molecule has 5 atom stereocenters. The van der Waals surface area contributed by atoms with Gasteiger partial charge in [-0.15, -0.1) is 0 Å². The third kappa shape index (κ3) is 1.58. The third-order valence-corrected chi connectivity index (χ3v) is 2.32. The maximum atomic E-state index is 10.9. The van der Waals surface area contributed by atoms with Gasteiger partial charge in [-0.3, -0.25) is 4.79 Å². The fraction of sp³-hybridized carbons (Fsp3) is 0.750. The van der Waals surface area contributed by atoms with Crippen molar-refractivity contribution >= 4 is 11.9 Å². The Balaban J connectivity index is 2.08. The Hall–Kier alpha value is -1.18. The van der Waals surface area contributed by atoms with E-state index < -0.39 is 42.6 Å². The van der Waals surface area contributed by atoms with Gasteiger partial charge in [-0.25, -0.2) is 4.79 Å². The van der Waals surface area contributed by atoms with Crippen molar-refractivity contribution in [2.24, 2.45) is 0 Å². The molecule has 2 heterocycles. The molecule has 0 spiro atoms. The lowest BCUT2D eigenvalue weighted by atomic mass is 10.1. The van der Waals surface area contributed by atoms with Crippen LogP contribution in [0.5, 0.6) is 0 Å². The molecule has 0 aliphatic carbocycles. The molecule has 0 aromatic carbocycles. The molecule has 84 valence electrons. The van der Waals surface area contributed by atoms with Crippen LogP contribution in [0, 0.1) is 0 Å². The van der Waals surface area contributed by atoms with Gasteiger partial charge in [-0.1, -0.05) is 0 Å². The SMILES string of the molecule is CC(=O)OC1O[C@H]2[C@H](OC(=O)[C@H]2O)[C@H]1O. The highest BCUT2D eigenvalue weighted by atomic mass is 16.7. The molecule has 1 unspecified atom stereocenters. The van der Waals surface area contributed by atoms with Gasteiger partial charge in [0.25, 0.3) is 0 Å².